The highest BCUT2D eigenvalue weighted by atomic mass is 32.2. The largest absolute Gasteiger partial charge is 0.391 e. The van der Waals surface area contributed by atoms with Gasteiger partial charge in [-0.2, -0.15) is 11.8 Å². The number of aliphatic hydroxyl groups is 1. The van der Waals surface area contributed by atoms with E-state index in [0.29, 0.717) is 5.25 Å². The van der Waals surface area contributed by atoms with Gasteiger partial charge in [-0.1, -0.05) is 30.3 Å². The maximum Gasteiger partial charge on any atom is 0.0797 e. The lowest BCUT2D eigenvalue weighted by Crippen LogP contribution is -2.21. The Hall–Kier alpha value is -0.510. The van der Waals surface area contributed by atoms with Crippen LogP contribution in [0.3, 0.4) is 0 Å². The summed E-state index contributed by atoms with van der Waals surface area (Å²) >= 11 is 1.76. The second-order valence-electron chi connectivity index (χ2n) is 4.02. The van der Waals surface area contributed by atoms with Crippen LogP contribution in [0.25, 0.3) is 0 Å². The molecular weight excluding hydrogens is 206 g/mol. The molecule has 2 atom stereocenters. The Morgan fingerprint density at radius 3 is 2.67 bits per heavy atom. The number of hydrogen-bond acceptors (Lipinski definition) is 3. The topological polar surface area (TPSA) is 23.5 Å². The summed E-state index contributed by atoms with van der Waals surface area (Å²) in [5.41, 5.74) is 1.33. The molecule has 0 saturated carbocycles. The zero-order chi connectivity index (χ0) is 10.7. The quantitative estimate of drug-likeness (QED) is 0.842. The smallest absolute Gasteiger partial charge is 0.0797 e. The summed E-state index contributed by atoms with van der Waals surface area (Å²) < 4.78 is 0. The summed E-state index contributed by atoms with van der Waals surface area (Å²) in [6.45, 7) is 2.76. The van der Waals surface area contributed by atoms with Crippen LogP contribution in [0.15, 0.2) is 30.3 Å². The Bertz CT molecular complexity index is 304. The Kier molecular flexibility index (Phi) is 3.67. The van der Waals surface area contributed by atoms with Crippen molar-refractivity contribution in [2.45, 2.75) is 17.9 Å². The number of benzene rings is 1. The molecule has 82 valence electrons. The predicted octanol–water partition coefficient (Wildman–Crippen LogP) is 1.59. The SMILES string of the molecule is CSC1CN(Cc2ccccc2)CC1O. The molecule has 0 aliphatic carbocycles. The molecule has 1 heterocycles. The number of likely N-dealkylation sites (tertiary alicyclic amines) is 1. The zero-order valence-electron chi connectivity index (χ0n) is 8.97. The molecule has 2 unspecified atom stereocenters. The third kappa shape index (κ3) is 2.74. The van der Waals surface area contributed by atoms with Crippen LogP contribution < -0.4 is 0 Å². The van der Waals surface area contributed by atoms with E-state index >= 15 is 0 Å². The summed E-state index contributed by atoms with van der Waals surface area (Å²) in [5.74, 6) is 0. The maximum atomic E-state index is 9.77. The number of nitrogens with zero attached hydrogens (tertiary/aromatic N) is 1. The van der Waals surface area contributed by atoms with Gasteiger partial charge in [0.25, 0.3) is 0 Å². The molecule has 1 aliphatic rings. The molecule has 1 aromatic carbocycles. The van der Waals surface area contributed by atoms with E-state index in [2.05, 4.69) is 35.4 Å². The van der Waals surface area contributed by atoms with Gasteiger partial charge in [0.05, 0.1) is 6.10 Å². The monoisotopic (exact) mass is 223 g/mol. The summed E-state index contributed by atoms with van der Waals surface area (Å²) in [6, 6.07) is 10.4. The van der Waals surface area contributed by atoms with Crippen LogP contribution >= 0.6 is 11.8 Å². The number of rotatable bonds is 3. The molecule has 15 heavy (non-hydrogen) atoms. The second-order valence-corrected chi connectivity index (χ2v) is 5.10. The average molecular weight is 223 g/mol. The van der Waals surface area contributed by atoms with E-state index in [1.54, 1.807) is 11.8 Å². The minimum absolute atomic E-state index is 0.163. The maximum absolute atomic E-state index is 9.77. The van der Waals surface area contributed by atoms with Gasteiger partial charge < -0.3 is 5.11 Å². The lowest BCUT2D eigenvalue weighted by Gasteiger charge is -2.14. The molecule has 2 rings (SSSR count). The first-order valence-electron chi connectivity index (χ1n) is 5.26. The molecule has 1 saturated heterocycles. The van der Waals surface area contributed by atoms with E-state index < -0.39 is 0 Å². The van der Waals surface area contributed by atoms with Gasteiger partial charge in [0, 0.05) is 24.9 Å². The van der Waals surface area contributed by atoms with E-state index in [1.165, 1.54) is 5.56 Å². The standard InChI is InChI=1S/C12H17NOS/c1-15-12-9-13(8-11(12)14)7-10-5-3-2-4-6-10/h2-6,11-12,14H,7-9H2,1H3. The van der Waals surface area contributed by atoms with Crippen LogP contribution in [-0.2, 0) is 6.54 Å². The molecular formula is C12H17NOS. The zero-order valence-corrected chi connectivity index (χ0v) is 9.78. The highest BCUT2D eigenvalue weighted by Crippen LogP contribution is 2.22. The van der Waals surface area contributed by atoms with Crippen molar-refractivity contribution in [3.8, 4) is 0 Å². The molecule has 0 bridgehead atoms. The lowest BCUT2D eigenvalue weighted by atomic mass is 10.2. The van der Waals surface area contributed by atoms with Gasteiger partial charge in [-0.15, -0.1) is 0 Å². The van der Waals surface area contributed by atoms with Crippen molar-refractivity contribution < 1.29 is 5.11 Å². The highest BCUT2D eigenvalue weighted by Gasteiger charge is 2.30. The van der Waals surface area contributed by atoms with Crippen molar-refractivity contribution in [2.75, 3.05) is 19.3 Å². The average Bonchev–Trinajstić information content (AvgIpc) is 2.60. The molecule has 0 amide bonds. The number of aliphatic hydroxyl groups excluding tert-OH is 1. The van der Waals surface area contributed by atoms with Gasteiger partial charge in [0.15, 0.2) is 0 Å². The van der Waals surface area contributed by atoms with Crippen molar-refractivity contribution >= 4 is 11.8 Å². The van der Waals surface area contributed by atoms with Crippen molar-refractivity contribution in [3.05, 3.63) is 35.9 Å². The minimum atomic E-state index is -0.163. The van der Waals surface area contributed by atoms with Gasteiger partial charge in [-0.05, 0) is 11.8 Å². The van der Waals surface area contributed by atoms with E-state index in [1.807, 2.05) is 6.07 Å². The fourth-order valence-corrected chi connectivity index (χ4v) is 2.80. The fourth-order valence-electron chi connectivity index (χ4n) is 2.04. The summed E-state index contributed by atoms with van der Waals surface area (Å²) in [4.78, 5) is 2.32. The van der Waals surface area contributed by atoms with Crippen LogP contribution in [0.5, 0.6) is 0 Å². The number of β-amino-alcohol motifs (C(OH)–C–C–N with tert-alkyl or cyclic N) is 1. The van der Waals surface area contributed by atoms with Crippen LogP contribution in [-0.4, -0.2) is 40.7 Å². The normalized spacial score (nSPS) is 27.1. The molecule has 1 N–H and O–H groups in total. The summed E-state index contributed by atoms with van der Waals surface area (Å²) in [6.07, 6.45) is 1.91. The van der Waals surface area contributed by atoms with Crippen molar-refractivity contribution in [1.29, 1.82) is 0 Å². The van der Waals surface area contributed by atoms with E-state index in [-0.39, 0.29) is 6.10 Å². The van der Waals surface area contributed by atoms with Crippen molar-refractivity contribution in [1.82, 2.24) is 4.90 Å². The van der Waals surface area contributed by atoms with Crippen LogP contribution in [0.2, 0.25) is 0 Å². The van der Waals surface area contributed by atoms with Gasteiger partial charge in [-0.25, -0.2) is 0 Å². The first-order valence-corrected chi connectivity index (χ1v) is 6.55. The van der Waals surface area contributed by atoms with Crippen molar-refractivity contribution in [2.24, 2.45) is 0 Å². The Morgan fingerprint density at radius 1 is 1.33 bits per heavy atom. The van der Waals surface area contributed by atoms with E-state index in [0.717, 1.165) is 19.6 Å². The molecule has 3 heteroatoms. The van der Waals surface area contributed by atoms with Crippen LogP contribution in [0.1, 0.15) is 5.56 Å². The van der Waals surface area contributed by atoms with Gasteiger partial charge >= 0.3 is 0 Å². The molecule has 1 aromatic rings. The molecule has 2 nitrogen and oxygen atoms in total. The van der Waals surface area contributed by atoms with Gasteiger partial charge in [0.1, 0.15) is 0 Å². The number of thioether (sulfide) groups is 1. The Morgan fingerprint density at radius 2 is 2.07 bits per heavy atom. The fraction of sp³-hybridized carbons (Fsp3) is 0.500. The summed E-state index contributed by atoms with van der Waals surface area (Å²) in [5, 5.41) is 10.2. The van der Waals surface area contributed by atoms with Crippen LogP contribution in [0, 0.1) is 0 Å². The first kappa shape index (κ1) is 11.0. The number of hydrogen-bond donors (Lipinski definition) is 1. The highest BCUT2D eigenvalue weighted by molar-refractivity contribution is 7.99. The van der Waals surface area contributed by atoms with Gasteiger partial charge in [0.2, 0.25) is 0 Å². The van der Waals surface area contributed by atoms with Crippen molar-refractivity contribution in [3.63, 3.8) is 0 Å². The third-order valence-corrected chi connectivity index (χ3v) is 3.93. The molecule has 1 aliphatic heterocycles. The Balaban J connectivity index is 1.92. The van der Waals surface area contributed by atoms with Crippen LogP contribution in [0.4, 0.5) is 0 Å². The van der Waals surface area contributed by atoms with E-state index in [9.17, 15) is 5.11 Å². The summed E-state index contributed by atoms with van der Waals surface area (Å²) in [7, 11) is 0. The molecule has 0 spiro atoms. The second kappa shape index (κ2) is 5.01. The minimum Gasteiger partial charge on any atom is -0.391 e. The lowest BCUT2D eigenvalue weighted by molar-refractivity contribution is 0.177. The molecule has 0 aromatic heterocycles. The van der Waals surface area contributed by atoms with Gasteiger partial charge in [-0.3, -0.25) is 4.90 Å². The van der Waals surface area contributed by atoms with E-state index in [4.69, 9.17) is 0 Å². The Labute approximate surface area is 95.3 Å². The predicted molar refractivity (Wildman–Crippen MR) is 65.0 cm³/mol. The molecule has 0 radical (unpaired) electrons. The first-order chi connectivity index (χ1) is 7.29. The molecule has 1 fully saturated rings. The third-order valence-electron chi connectivity index (χ3n) is 2.86.